The van der Waals surface area contributed by atoms with Crippen LogP contribution >= 0.6 is 0 Å². The average Bonchev–Trinajstić information content (AvgIpc) is 2.16. The van der Waals surface area contributed by atoms with Gasteiger partial charge in [-0.15, -0.1) is 0 Å². The molecule has 15 heavy (non-hydrogen) atoms. The Bertz CT molecular complexity index is 177. The fraction of sp³-hybridized carbons (Fsp3) is 0.909. The Morgan fingerprint density at radius 2 is 1.93 bits per heavy atom. The predicted molar refractivity (Wildman–Crippen MR) is 66.6 cm³/mol. The van der Waals surface area contributed by atoms with Crippen LogP contribution in [-0.2, 0) is 0 Å². The number of rotatable bonds is 6. The molecule has 0 amide bonds. The number of nitrogens with one attached hydrogen (secondary N) is 2. The van der Waals surface area contributed by atoms with E-state index in [1.165, 1.54) is 19.3 Å². The van der Waals surface area contributed by atoms with Gasteiger partial charge in [-0.05, 0) is 27.2 Å². The van der Waals surface area contributed by atoms with Crippen molar-refractivity contribution in [2.45, 2.75) is 65.5 Å². The van der Waals surface area contributed by atoms with Crippen molar-refractivity contribution in [3.8, 4) is 0 Å². The van der Waals surface area contributed by atoms with Crippen molar-refractivity contribution >= 4 is 5.96 Å². The number of hydrazine groups is 1. The molecule has 1 unspecified atom stereocenters. The second-order valence-electron chi connectivity index (χ2n) is 4.27. The molecule has 0 bridgehead atoms. The standard InChI is InChI=1S/C11H26N4/c1-5-6-7-8-10(4)14-11(15-12)13-9(2)3/h9-10H,5-8,12H2,1-4H3,(H2,13,14,15). The Morgan fingerprint density at radius 3 is 2.40 bits per heavy atom. The van der Waals surface area contributed by atoms with Crippen molar-refractivity contribution in [3.63, 3.8) is 0 Å². The van der Waals surface area contributed by atoms with Crippen molar-refractivity contribution in [2.24, 2.45) is 10.8 Å². The number of aliphatic imine (C=N–C) groups is 1. The Kier molecular flexibility index (Phi) is 8.09. The highest BCUT2D eigenvalue weighted by Gasteiger charge is 2.03. The van der Waals surface area contributed by atoms with Crippen LogP contribution in [0.25, 0.3) is 0 Å². The van der Waals surface area contributed by atoms with Gasteiger partial charge in [0.1, 0.15) is 0 Å². The lowest BCUT2D eigenvalue weighted by Crippen LogP contribution is -2.45. The third-order valence-electron chi connectivity index (χ3n) is 2.14. The lowest BCUT2D eigenvalue weighted by molar-refractivity contribution is 0.584. The van der Waals surface area contributed by atoms with E-state index in [1.807, 2.05) is 0 Å². The first-order chi connectivity index (χ1) is 7.10. The van der Waals surface area contributed by atoms with Gasteiger partial charge in [-0.1, -0.05) is 26.2 Å². The molecule has 4 N–H and O–H groups in total. The summed E-state index contributed by atoms with van der Waals surface area (Å²) >= 11 is 0. The van der Waals surface area contributed by atoms with E-state index >= 15 is 0 Å². The van der Waals surface area contributed by atoms with Gasteiger partial charge in [0.2, 0.25) is 5.96 Å². The summed E-state index contributed by atoms with van der Waals surface area (Å²) in [5.41, 5.74) is 2.59. The molecule has 90 valence electrons. The highest BCUT2D eigenvalue weighted by Crippen LogP contribution is 2.05. The number of hydrogen-bond donors (Lipinski definition) is 3. The first-order valence-electron chi connectivity index (χ1n) is 5.91. The molecule has 0 aromatic rings. The Morgan fingerprint density at radius 1 is 1.27 bits per heavy atom. The molecule has 4 nitrogen and oxygen atoms in total. The molecule has 0 aromatic carbocycles. The summed E-state index contributed by atoms with van der Waals surface area (Å²) in [7, 11) is 0. The fourth-order valence-electron chi connectivity index (χ4n) is 1.36. The Hall–Kier alpha value is -0.770. The minimum atomic E-state index is 0.328. The van der Waals surface area contributed by atoms with Crippen LogP contribution < -0.4 is 16.6 Å². The normalized spacial score (nSPS) is 14.1. The first-order valence-corrected chi connectivity index (χ1v) is 5.91. The van der Waals surface area contributed by atoms with E-state index in [0.717, 1.165) is 6.42 Å². The largest absolute Gasteiger partial charge is 0.353 e. The molecular weight excluding hydrogens is 188 g/mol. The number of unbranched alkanes of at least 4 members (excludes halogenated alkanes) is 2. The third kappa shape index (κ3) is 8.24. The van der Waals surface area contributed by atoms with Crippen LogP contribution in [0.5, 0.6) is 0 Å². The van der Waals surface area contributed by atoms with Crippen LogP contribution in [0.2, 0.25) is 0 Å². The number of guanidine groups is 1. The summed E-state index contributed by atoms with van der Waals surface area (Å²) in [6.07, 6.45) is 4.89. The van der Waals surface area contributed by atoms with Gasteiger partial charge in [0.15, 0.2) is 0 Å². The van der Waals surface area contributed by atoms with Gasteiger partial charge in [-0.2, -0.15) is 0 Å². The summed E-state index contributed by atoms with van der Waals surface area (Å²) in [6.45, 7) is 8.46. The zero-order valence-electron chi connectivity index (χ0n) is 10.5. The monoisotopic (exact) mass is 214 g/mol. The van der Waals surface area contributed by atoms with E-state index < -0.39 is 0 Å². The van der Waals surface area contributed by atoms with E-state index in [2.05, 4.69) is 43.4 Å². The molecule has 0 spiro atoms. The second-order valence-corrected chi connectivity index (χ2v) is 4.27. The van der Waals surface area contributed by atoms with Crippen molar-refractivity contribution in [3.05, 3.63) is 0 Å². The quantitative estimate of drug-likeness (QED) is 0.208. The maximum absolute atomic E-state index is 5.38. The smallest absolute Gasteiger partial charge is 0.206 e. The van der Waals surface area contributed by atoms with Crippen molar-refractivity contribution in [1.29, 1.82) is 0 Å². The van der Waals surface area contributed by atoms with Crippen LogP contribution in [0.4, 0.5) is 0 Å². The minimum absolute atomic E-state index is 0.328. The lowest BCUT2D eigenvalue weighted by atomic mass is 10.1. The molecule has 0 heterocycles. The van der Waals surface area contributed by atoms with Gasteiger partial charge in [0.05, 0.1) is 6.04 Å². The summed E-state index contributed by atoms with van der Waals surface area (Å²) in [6, 6.07) is 0.677. The van der Waals surface area contributed by atoms with Gasteiger partial charge >= 0.3 is 0 Å². The van der Waals surface area contributed by atoms with Gasteiger partial charge in [-0.25, -0.2) is 10.8 Å². The second kappa shape index (κ2) is 8.53. The van der Waals surface area contributed by atoms with Crippen LogP contribution in [0.3, 0.4) is 0 Å². The Balaban J connectivity index is 3.93. The molecule has 0 aliphatic rings. The SMILES string of the molecule is CCCCCC(C)N=C(NN)NC(C)C. The van der Waals surface area contributed by atoms with Gasteiger partial charge in [0.25, 0.3) is 0 Å². The summed E-state index contributed by atoms with van der Waals surface area (Å²) in [5.74, 6) is 6.07. The highest BCUT2D eigenvalue weighted by molar-refractivity contribution is 5.79. The molecule has 0 fully saturated rings. The van der Waals surface area contributed by atoms with E-state index in [9.17, 15) is 0 Å². The summed E-state index contributed by atoms with van der Waals surface area (Å²) in [4.78, 5) is 4.48. The number of nitrogens with zero attached hydrogens (tertiary/aromatic N) is 1. The van der Waals surface area contributed by atoms with Crippen molar-refractivity contribution in [2.75, 3.05) is 0 Å². The molecule has 0 saturated carbocycles. The van der Waals surface area contributed by atoms with Crippen molar-refractivity contribution < 1.29 is 0 Å². The zero-order chi connectivity index (χ0) is 11.7. The minimum Gasteiger partial charge on any atom is -0.353 e. The number of nitrogens with two attached hydrogens (primary N) is 1. The summed E-state index contributed by atoms with van der Waals surface area (Å²) in [5, 5.41) is 3.16. The van der Waals surface area contributed by atoms with E-state index in [1.54, 1.807) is 0 Å². The summed E-state index contributed by atoms with van der Waals surface area (Å²) < 4.78 is 0. The molecule has 0 rings (SSSR count). The molecule has 1 atom stereocenters. The highest BCUT2D eigenvalue weighted by atomic mass is 15.3. The average molecular weight is 214 g/mol. The fourth-order valence-corrected chi connectivity index (χ4v) is 1.36. The maximum atomic E-state index is 5.38. The first kappa shape index (κ1) is 14.2. The topological polar surface area (TPSA) is 62.4 Å². The van der Waals surface area contributed by atoms with Gasteiger partial charge < -0.3 is 5.32 Å². The molecular formula is C11H26N4. The molecule has 0 radical (unpaired) electrons. The lowest BCUT2D eigenvalue weighted by Gasteiger charge is -2.14. The molecule has 0 aliphatic heterocycles. The van der Waals surface area contributed by atoms with Crippen LogP contribution in [-0.4, -0.2) is 18.0 Å². The van der Waals surface area contributed by atoms with Gasteiger partial charge in [0, 0.05) is 6.04 Å². The molecule has 0 aromatic heterocycles. The third-order valence-corrected chi connectivity index (χ3v) is 2.14. The van der Waals surface area contributed by atoms with Crippen molar-refractivity contribution in [1.82, 2.24) is 10.7 Å². The van der Waals surface area contributed by atoms with E-state index in [-0.39, 0.29) is 0 Å². The van der Waals surface area contributed by atoms with Crippen LogP contribution in [0.1, 0.15) is 53.4 Å². The van der Waals surface area contributed by atoms with Crippen LogP contribution in [0, 0.1) is 0 Å². The zero-order valence-corrected chi connectivity index (χ0v) is 10.5. The molecule has 0 saturated heterocycles. The van der Waals surface area contributed by atoms with E-state index in [4.69, 9.17) is 5.84 Å². The van der Waals surface area contributed by atoms with E-state index in [0.29, 0.717) is 18.0 Å². The predicted octanol–water partition coefficient (Wildman–Crippen LogP) is 1.77. The van der Waals surface area contributed by atoms with Crippen LogP contribution in [0.15, 0.2) is 4.99 Å². The number of hydrogen-bond acceptors (Lipinski definition) is 2. The molecule has 0 aliphatic carbocycles. The molecule has 4 heteroatoms. The Labute approximate surface area is 93.7 Å². The maximum Gasteiger partial charge on any atom is 0.206 e. The van der Waals surface area contributed by atoms with Gasteiger partial charge in [-0.3, -0.25) is 5.43 Å².